The van der Waals surface area contributed by atoms with Gasteiger partial charge < -0.3 is 14.3 Å². The summed E-state index contributed by atoms with van der Waals surface area (Å²) in [4.78, 5) is 12.5. The first-order valence-corrected chi connectivity index (χ1v) is 7.62. The highest BCUT2D eigenvalue weighted by atomic mass is 79.9. The van der Waals surface area contributed by atoms with Gasteiger partial charge in [0, 0.05) is 12.4 Å². The number of imidazole rings is 1. The Morgan fingerprint density at radius 1 is 1.18 bits per heavy atom. The predicted molar refractivity (Wildman–Crippen MR) is 90.1 cm³/mol. The van der Waals surface area contributed by atoms with E-state index in [-0.39, 0.29) is 0 Å². The van der Waals surface area contributed by atoms with Gasteiger partial charge >= 0.3 is 0 Å². The Morgan fingerprint density at radius 3 is 2.86 bits per heavy atom. The van der Waals surface area contributed by atoms with Gasteiger partial charge in [0.05, 0.1) is 18.3 Å². The largest absolute Gasteiger partial charge is 0.494 e. The summed E-state index contributed by atoms with van der Waals surface area (Å²) in [5.74, 6) is 1.67. The average molecular weight is 357 g/mol. The van der Waals surface area contributed by atoms with Crippen LogP contribution in [0, 0.1) is 0 Å². The lowest BCUT2D eigenvalue weighted by Gasteiger charge is -2.04. The summed E-state index contributed by atoms with van der Waals surface area (Å²) in [5.41, 5.74) is 3.65. The normalized spacial score (nSPS) is 11.4. The Balaban J connectivity index is 1.98. The fraction of sp³-hybridized carbons (Fsp3) is 0.125. The van der Waals surface area contributed by atoms with E-state index in [2.05, 4.69) is 32.0 Å². The molecule has 0 saturated heterocycles. The Labute approximate surface area is 135 Å². The van der Waals surface area contributed by atoms with Crippen LogP contribution < -0.4 is 4.74 Å². The van der Waals surface area contributed by atoms with Crippen LogP contribution in [-0.4, -0.2) is 26.6 Å². The third-order valence-corrected chi connectivity index (χ3v) is 4.21. The summed E-state index contributed by atoms with van der Waals surface area (Å²) < 4.78 is 8.28. The molecule has 4 rings (SSSR count). The molecule has 0 atom stereocenters. The lowest BCUT2D eigenvalue weighted by Crippen LogP contribution is -1.94. The van der Waals surface area contributed by atoms with Gasteiger partial charge in [-0.25, -0.2) is 9.97 Å². The Hall–Kier alpha value is -2.34. The molecular weight excluding hydrogens is 344 g/mol. The molecule has 1 N–H and O–H groups in total. The highest BCUT2D eigenvalue weighted by Crippen LogP contribution is 2.30. The number of methoxy groups -OCH3 is 1. The summed E-state index contributed by atoms with van der Waals surface area (Å²) in [6.07, 6.45) is 0. The number of aromatic nitrogens is 4. The highest BCUT2D eigenvalue weighted by molar-refractivity contribution is 9.10. The van der Waals surface area contributed by atoms with Crippen LogP contribution in [0.3, 0.4) is 0 Å². The molecule has 6 heteroatoms. The van der Waals surface area contributed by atoms with Gasteiger partial charge in [-0.15, -0.1) is 0 Å². The summed E-state index contributed by atoms with van der Waals surface area (Å²) >= 11 is 3.39. The van der Waals surface area contributed by atoms with E-state index >= 15 is 0 Å². The van der Waals surface area contributed by atoms with Crippen molar-refractivity contribution in [1.82, 2.24) is 19.5 Å². The standard InChI is InChI=1S/C16H13BrN4O/c1-21-14-10(4-3-5-12(14)22-2)19-16(21)11-8-9-6-7-13(17)20-15(9)18-11/h3-8H,1-2H3,(H,18,20). The number of nitrogens with zero attached hydrogens (tertiary/aromatic N) is 3. The van der Waals surface area contributed by atoms with Crippen molar-refractivity contribution in [3.63, 3.8) is 0 Å². The van der Waals surface area contributed by atoms with Crippen molar-refractivity contribution in [3.05, 3.63) is 41.0 Å². The number of fused-ring (bicyclic) bond motifs is 2. The number of aromatic amines is 1. The van der Waals surface area contributed by atoms with E-state index in [1.807, 2.05) is 41.9 Å². The van der Waals surface area contributed by atoms with Gasteiger partial charge in [0.15, 0.2) is 5.82 Å². The summed E-state index contributed by atoms with van der Waals surface area (Å²) in [6, 6.07) is 11.9. The maximum atomic E-state index is 5.44. The molecule has 4 aromatic rings. The Morgan fingerprint density at radius 2 is 2.05 bits per heavy atom. The van der Waals surface area contributed by atoms with Crippen molar-refractivity contribution < 1.29 is 4.74 Å². The number of rotatable bonds is 2. The van der Waals surface area contributed by atoms with Crippen molar-refractivity contribution in [2.45, 2.75) is 0 Å². The zero-order valence-electron chi connectivity index (χ0n) is 12.1. The second-order valence-corrected chi connectivity index (χ2v) is 5.89. The lowest BCUT2D eigenvalue weighted by molar-refractivity contribution is 0.418. The number of aryl methyl sites for hydroxylation is 1. The van der Waals surface area contributed by atoms with Crippen LogP contribution in [0.25, 0.3) is 33.6 Å². The van der Waals surface area contributed by atoms with Crippen LogP contribution in [0.2, 0.25) is 0 Å². The fourth-order valence-corrected chi connectivity index (χ4v) is 3.05. The Bertz CT molecular complexity index is 1000. The third-order valence-electron chi connectivity index (χ3n) is 3.76. The number of H-pyrrole nitrogens is 1. The third kappa shape index (κ3) is 1.91. The maximum absolute atomic E-state index is 5.44. The topological polar surface area (TPSA) is 55.7 Å². The molecule has 0 aliphatic rings. The molecule has 0 radical (unpaired) electrons. The van der Waals surface area contributed by atoms with E-state index in [9.17, 15) is 0 Å². The van der Waals surface area contributed by atoms with E-state index < -0.39 is 0 Å². The molecule has 1 aromatic carbocycles. The van der Waals surface area contributed by atoms with Gasteiger partial charge in [-0.3, -0.25) is 0 Å². The minimum Gasteiger partial charge on any atom is -0.494 e. The molecule has 3 heterocycles. The second-order valence-electron chi connectivity index (χ2n) is 5.08. The number of para-hydroxylation sites is 1. The molecule has 0 aliphatic heterocycles. The molecule has 0 spiro atoms. The number of ether oxygens (including phenoxy) is 1. The average Bonchev–Trinajstić information content (AvgIpc) is 3.08. The first-order chi connectivity index (χ1) is 10.7. The molecule has 0 fully saturated rings. The number of nitrogens with one attached hydrogen (secondary N) is 1. The van der Waals surface area contributed by atoms with Gasteiger partial charge in [-0.1, -0.05) is 6.07 Å². The Kier molecular flexibility index (Phi) is 2.94. The number of hydrogen-bond donors (Lipinski definition) is 1. The maximum Gasteiger partial charge on any atom is 0.157 e. The molecule has 0 bridgehead atoms. The van der Waals surface area contributed by atoms with Gasteiger partial charge in [0.1, 0.15) is 21.5 Å². The molecule has 22 heavy (non-hydrogen) atoms. The number of halogens is 1. The fourth-order valence-electron chi connectivity index (χ4n) is 2.74. The van der Waals surface area contributed by atoms with Crippen LogP contribution in [0.1, 0.15) is 0 Å². The van der Waals surface area contributed by atoms with E-state index in [0.29, 0.717) is 0 Å². The molecule has 0 unspecified atom stereocenters. The molecule has 110 valence electrons. The summed E-state index contributed by atoms with van der Waals surface area (Å²) in [7, 11) is 3.66. The number of hydrogen-bond acceptors (Lipinski definition) is 3. The van der Waals surface area contributed by atoms with E-state index in [4.69, 9.17) is 9.72 Å². The zero-order chi connectivity index (χ0) is 15.3. The van der Waals surface area contributed by atoms with Gasteiger partial charge in [-0.2, -0.15) is 0 Å². The van der Waals surface area contributed by atoms with E-state index in [0.717, 1.165) is 43.9 Å². The van der Waals surface area contributed by atoms with Gasteiger partial charge in [-0.05, 0) is 46.3 Å². The van der Waals surface area contributed by atoms with Gasteiger partial charge in [0.25, 0.3) is 0 Å². The summed E-state index contributed by atoms with van der Waals surface area (Å²) in [6.45, 7) is 0. The molecule has 3 aromatic heterocycles. The minimum atomic E-state index is 0.806. The van der Waals surface area contributed by atoms with E-state index in [1.165, 1.54) is 0 Å². The van der Waals surface area contributed by atoms with Crippen molar-refractivity contribution in [3.8, 4) is 17.3 Å². The lowest BCUT2D eigenvalue weighted by atomic mass is 10.3. The van der Waals surface area contributed by atoms with Crippen molar-refractivity contribution in [1.29, 1.82) is 0 Å². The molecule has 0 saturated carbocycles. The van der Waals surface area contributed by atoms with Gasteiger partial charge in [0.2, 0.25) is 0 Å². The van der Waals surface area contributed by atoms with Crippen molar-refractivity contribution in [2.75, 3.05) is 7.11 Å². The van der Waals surface area contributed by atoms with Crippen LogP contribution in [0.4, 0.5) is 0 Å². The zero-order valence-corrected chi connectivity index (χ0v) is 13.7. The van der Waals surface area contributed by atoms with Crippen molar-refractivity contribution >= 4 is 38.0 Å². The minimum absolute atomic E-state index is 0.806. The molecular formula is C16H13BrN4O. The molecule has 0 amide bonds. The SMILES string of the molecule is COc1cccc2nc(-c3cc4ccc(Br)nc4[nH]3)n(C)c12. The number of benzene rings is 1. The second kappa shape index (κ2) is 4.84. The molecule has 5 nitrogen and oxygen atoms in total. The van der Waals surface area contributed by atoms with Crippen LogP contribution in [-0.2, 0) is 7.05 Å². The smallest absolute Gasteiger partial charge is 0.157 e. The first-order valence-electron chi connectivity index (χ1n) is 6.82. The van der Waals surface area contributed by atoms with E-state index in [1.54, 1.807) is 7.11 Å². The first kappa shape index (κ1) is 13.3. The molecule has 0 aliphatic carbocycles. The predicted octanol–water partition coefficient (Wildman–Crippen LogP) is 3.89. The van der Waals surface area contributed by atoms with Crippen LogP contribution in [0.15, 0.2) is 41.0 Å². The van der Waals surface area contributed by atoms with Crippen LogP contribution in [0.5, 0.6) is 5.75 Å². The van der Waals surface area contributed by atoms with Crippen molar-refractivity contribution in [2.24, 2.45) is 7.05 Å². The van der Waals surface area contributed by atoms with Crippen LogP contribution >= 0.6 is 15.9 Å². The summed E-state index contributed by atoms with van der Waals surface area (Å²) in [5, 5.41) is 1.05. The number of pyridine rings is 1. The quantitative estimate of drug-likeness (QED) is 0.554. The monoisotopic (exact) mass is 356 g/mol. The highest BCUT2D eigenvalue weighted by Gasteiger charge is 2.15.